The number of likely N-dealkylation sites (N-methyl/N-ethyl adjacent to an activating group) is 1. The Morgan fingerprint density at radius 1 is 1.42 bits per heavy atom. The van der Waals surface area contributed by atoms with Crippen molar-refractivity contribution < 1.29 is 13.6 Å². The van der Waals surface area contributed by atoms with Crippen molar-refractivity contribution in [1.82, 2.24) is 10.2 Å². The fourth-order valence-corrected chi connectivity index (χ4v) is 2.50. The molecule has 1 aromatic carbocycles. The molecule has 5 heteroatoms. The van der Waals surface area contributed by atoms with Gasteiger partial charge in [-0.25, -0.2) is 8.78 Å². The summed E-state index contributed by atoms with van der Waals surface area (Å²) in [5.74, 6) is -1.54. The Balaban J connectivity index is 2.10. The molecule has 0 bridgehead atoms. The second-order valence-electron chi connectivity index (χ2n) is 4.70. The zero-order valence-corrected chi connectivity index (χ0v) is 11.0. The van der Waals surface area contributed by atoms with E-state index in [1.807, 2.05) is 6.92 Å². The predicted molar refractivity (Wildman–Crippen MR) is 68.7 cm³/mol. The average molecular weight is 268 g/mol. The van der Waals surface area contributed by atoms with Crippen LogP contribution in [-0.4, -0.2) is 36.5 Å². The summed E-state index contributed by atoms with van der Waals surface area (Å²) in [7, 11) is 0. The highest BCUT2D eigenvalue weighted by atomic mass is 19.1. The molecule has 1 aromatic rings. The Hall–Kier alpha value is -1.49. The fraction of sp³-hybridized carbons (Fsp3) is 0.500. The molecule has 1 N–H and O–H groups in total. The second kappa shape index (κ2) is 6.10. The molecule has 1 aliphatic heterocycles. The van der Waals surface area contributed by atoms with E-state index in [0.29, 0.717) is 6.54 Å². The number of nitrogens with zero attached hydrogens (tertiary/aromatic N) is 1. The van der Waals surface area contributed by atoms with Crippen molar-refractivity contribution in [2.75, 3.05) is 19.6 Å². The third-order valence-corrected chi connectivity index (χ3v) is 3.53. The molecule has 1 amide bonds. The molecular formula is C14H18F2N2O. The van der Waals surface area contributed by atoms with Gasteiger partial charge in [0.25, 0.3) is 0 Å². The van der Waals surface area contributed by atoms with Gasteiger partial charge in [0.05, 0.1) is 6.42 Å². The molecule has 1 heterocycles. The number of nitrogens with one attached hydrogen (secondary N) is 1. The van der Waals surface area contributed by atoms with Crippen LogP contribution < -0.4 is 5.32 Å². The van der Waals surface area contributed by atoms with Gasteiger partial charge in [0, 0.05) is 24.7 Å². The summed E-state index contributed by atoms with van der Waals surface area (Å²) in [5.41, 5.74) is -0.142. The van der Waals surface area contributed by atoms with E-state index in [0.717, 1.165) is 19.5 Å². The SMILES string of the molecule is CCN(C(=O)Cc1c(F)cccc1F)C1CCNC1. The summed E-state index contributed by atoms with van der Waals surface area (Å²) in [5, 5.41) is 3.19. The Morgan fingerprint density at radius 2 is 2.11 bits per heavy atom. The van der Waals surface area contributed by atoms with Crippen LogP contribution in [0.4, 0.5) is 8.78 Å². The first-order valence-corrected chi connectivity index (χ1v) is 6.56. The summed E-state index contributed by atoms with van der Waals surface area (Å²) in [6.45, 7) is 4.07. The van der Waals surface area contributed by atoms with Gasteiger partial charge in [-0.3, -0.25) is 4.79 Å². The lowest BCUT2D eigenvalue weighted by molar-refractivity contribution is -0.132. The minimum absolute atomic E-state index is 0.132. The largest absolute Gasteiger partial charge is 0.338 e. The van der Waals surface area contributed by atoms with Crippen molar-refractivity contribution in [1.29, 1.82) is 0 Å². The molecule has 0 spiro atoms. The Bertz CT molecular complexity index is 439. The minimum atomic E-state index is -0.658. The van der Waals surface area contributed by atoms with E-state index >= 15 is 0 Å². The van der Waals surface area contributed by atoms with Gasteiger partial charge in [-0.15, -0.1) is 0 Å². The van der Waals surface area contributed by atoms with Crippen LogP contribution in [0.1, 0.15) is 18.9 Å². The van der Waals surface area contributed by atoms with Gasteiger partial charge in [-0.1, -0.05) is 6.07 Å². The number of carbonyl (C=O) groups excluding carboxylic acids is 1. The molecule has 1 atom stereocenters. The number of carbonyl (C=O) groups is 1. The summed E-state index contributed by atoms with van der Waals surface area (Å²) in [4.78, 5) is 13.9. The van der Waals surface area contributed by atoms with E-state index in [-0.39, 0.29) is 23.9 Å². The maximum absolute atomic E-state index is 13.5. The standard InChI is InChI=1S/C14H18F2N2O/c1-2-18(10-6-7-17-9-10)14(19)8-11-12(15)4-3-5-13(11)16/h3-5,10,17H,2,6-9H2,1H3. The number of benzene rings is 1. The van der Waals surface area contributed by atoms with E-state index in [9.17, 15) is 13.6 Å². The third kappa shape index (κ3) is 3.10. The predicted octanol–water partition coefficient (Wildman–Crippen LogP) is 1.72. The van der Waals surface area contributed by atoms with Crippen molar-refractivity contribution in [2.45, 2.75) is 25.8 Å². The highest BCUT2D eigenvalue weighted by Gasteiger charge is 2.26. The Kier molecular flexibility index (Phi) is 4.47. The smallest absolute Gasteiger partial charge is 0.227 e. The van der Waals surface area contributed by atoms with Gasteiger partial charge in [0.1, 0.15) is 11.6 Å². The van der Waals surface area contributed by atoms with Gasteiger partial charge >= 0.3 is 0 Å². The maximum Gasteiger partial charge on any atom is 0.227 e. The average Bonchev–Trinajstić information content (AvgIpc) is 2.89. The monoisotopic (exact) mass is 268 g/mol. The molecule has 0 aliphatic carbocycles. The first kappa shape index (κ1) is 13.9. The zero-order chi connectivity index (χ0) is 13.8. The molecule has 0 radical (unpaired) electrons. The van der Waals surface area contributed by atoms with Crippen LogP contribution in [0.5, 0.6) is 0 Å². The fourth-order valence-electron chi connectivity index (χ4n) is 2.50. The summed E-state index contributed by atoms with van der Waals surface area (Å²) >= 11 is 0. The molecule has 1 fully saturated rings. The van der Waals surface area contributed by atoms with Gasteiger partial charge in [-0.2, -0.15) is 0 Å². The number of hydrogen-bond donors (Lipinski definition) is 1. The molecule has 19 heavy (non-hydrogen) atoms. The molecule has 3 nitrogen and oxygen atoms in total. The minimum Gasteiger partial charge on any atom is -0.338 e. The van der Waals surface area contributed by atoms with Gasteiger partial charge in [0.15, 0.2) is 0 Å². The summed E-state index contributed by atoms with van der Waals surface area (Å²) < 4.78 is 27.1. The molecule has 1 aliphatic rings. The van der Waals surface area contributed by atoms with Gasteiger partial charge < -0.3 is 10.2 Å². The lowest BCUT2D eigenvalue weighted by Gasteiger charge is -2.27. The third-order valence-electron chi connectivity index (χ3n) is 3.53. The number of rotatable bonds is 4. The van der Waals surface area contributed by atoms with E-state index in [4.69, 9.17) is 0 Å². The number of hydrogen-bond acceptors (Lipinski definition) is 2. The van der Waals surface area contributed by atoms with Crippen molar-refractivity contribution in [3.05, 3.63) is 35.4 Å². The number of amides is 1. The Labute approximate surface area is 111 Å². The van der Waals surface area contributed by atoms with Crippen molar-refractivity contribution >= 4 is 5.91 Å². The van der Waals surface area contributed by atoms with E-state index in [1.165, 1.54) is 18.2 Å². The van der Waals surface area contributed by atoms with Crippen LogP contribution in [0.3, 0.4) is 0 Å². The lowest BCUT2D eigenvalue weighted by atomic mass is 10.1. The van der Waals surface area contributed by atoms with Gasteiger partial charge in [0.2, 0.25) is 5.91 Å². The molecule has 0 saturated carbocycles. The maximum atomic E-state index is 13.5. The summed E-state index contributed by atoms with van der Waals surface area (Å²) in [6.07, 6.45) is 0.669. The first-order valence-electron chi connectivity index (χ1n) is 6.56. The highest BCUT2D eigenvalue weighted by Crippen LogP contribution is 2.16. The normalized spacial score (nSPS) is 18.6. The number of halogens is 2. The van der Waals surface area contributed by atoms with Crippen molar-refractivity contribution in [2.24, 2.45) is 0 Å². The van der Waals surface area contributed by atoms with Crippen molar-refractivity contribution in [3.8, 4) is 0 Å². The zero-order valence-electron chi connectivity index (χ0n) is 11.0. The van der Waals surface area contributed by atoms with Gasteiger partial charge in [-0.05, 0) is 32.0 Å². The molecule has 0 aromatic heterocycles. The van der Waals surface area contributed by atoms with Crippen LogP contribution in [0.15, 0.2) is 18.2 Å². The molecule has 1 saturated heterocycles. The molecule has 2 rings (SSSR count). The van der Waals surface area contributed by atoms with Crippen LogP contribution >= 0.6 is 0 Å². The van der Waals surface area contributed by atoms with E-state index in [1.54, 1.807) is 4.90 Å². The quantitative estimate of drug-likeness (QED) is 0.901. The first-order chi connectivity index (χ1) is 9.13. The molecular weight excluding hydrogens is 250 g/mol. The molecule has 1 unspecified atom stereocenters. The highest BCUT2D eigenvalue weighted by molar-refractivity contribution is 5.79. The summed E-state index contributed by atoms with van der Waals surface area (Å²) in [6, 6.07) is 3.79. The Morgan fingerprint density at radius 3 is 2.63 bits per heavy atom. The van der Waals surface area contributed by atoms with E-state index < -0.39 is 11.6 Å². The van der Waals surface area contributed by atoms with E-state index in [2.05, 4.69) is 5.32 Å². The second-order valence-corrected chi connectivity index (χ2v) is 4.70. The lowest BCUT2D eigenvalue weighted by Crippen LogP contribution is -2.42. The van der Waals surface area contributed by atoms with Crippen LogP contribution in [-0.2, 0) is 11.2 Å². The van der Waals surface area contributed by atoms with Crippen LogP contribution in [0.25, 0.3) is 0 Å². The molecule has 104 valence electrons. The topological polar surface area (TPSA) is 32.3 Å². The van der Waals surface area contributed by atoms with Crippen molar-refractivity contribution in [3.63, 3.8) is 0 Å². The van der Waals surface area contributed by atoms with Crippen LogP contribution in [0.2, 0.25) is 0 Å². The van der Waals surface area contributed by atoms with Crippen LogP contribution in [0, 0.1) is 11.6 Å².